The molecule has 1 fully saturated rings. The van der Waals surface area contributed by atoms with E-state index in [0.29, 0.717) is 22.9 Å². The van der Waals surface area contributed by atoms with E-state index in [1.54, 1.807) is 20.2 Å². The second-order valence-corrected chi connectivity index (χ2v) is 12.7. The average Bonchev–Trinajstić information content (AvgIpc) is 3.45. The third-order valence-corrected chi connectivity index (χ3v) is 7.93. The zero-order valence-corrected chi connectivity index (χ0v) is 25.5. The normalized spacial score (nSPS) is 17.9. The number of carbonyl (C=O) groups is 3. The Morgan fingerprint density at radius 2 is 1.80 bits per heavy atom. The SMILES string of the molecule is CC[C@@H](C(=O)N(C)C)N(C(=O)C1CCC(C)CC1)c1cc(C#CC(C)(C)C)sc1C(=O)OCc1oc(=O)oc1C. The fraction of sp³-hybridized carbons (Fsp3) is 0.600. The van der Waals surface area contributed by atoms with Gasteiger partial charge in [0.2, 0.25) is 11.8 Å². The maximum absolute atomic E-state index is 14.2. The van der Waals surface area contributed by atoms with Crippen LogP contribution in [-0.2, 0) is 20.9 Å². The Labute approximate surface area is 239 Å². The number of esters is 1. The highest BCUT2D eigenvalue weighted by molar-refractivity contribution is 7.15. The van der Waals surface area contributed by atoms with Crippen molar-refractivity contribution in [2.24, 2.45) is 17.3 Å². The molecule has 218 valence electrons. The monoisotopic (exact) mass is 572 g/mol. The number of hydrogen-bond donors (Lipinski definition) is 0. The van der Waals surface area contributed by atoms with Crippen molar-refractivity contribution in [3.8, 4) is 11.8 Å². The topological polar surface area (TPSA) is 110 Å². The second-order valence-electron chi connectivity index (χ2n) is 11.7. The molecule has 0 radical (unpaired) electrons. The minimum absolute atomic E-state index is 0.0997. The van der Waals surface area contributed by atoms with Crippen molar-refractivity contribution in [3.63, 3.8) is 0 Å². The number of likely N-dealkylation sites (N-methyl/N-ethyl adjacent to an activating group) is 1. The van der Waals surface area contributed by atoms with E-state index >= 15 is 0 Å². The quantitative estimate of drug-likeness (QED) is 0.308. The van der Waals surface area contributed by atoms with Crippen LogP contribution in [0.15, 0.2) is 19.7 Å². The van der Waals surface area contributed by atoms with Gasteiger partial charge in [-0.1, -0.05) is 25.7 Å². The van der Waals surface area contributed by atoms with Crippen LogP contribution in [0.4, 0.5) is 5.69 Å². The van der Waals surface area contributed by atoms with Gasteiger partial charge in [-0.3, -0.25) is 14.5 Å². The summed E-state index contributed by atoms with van der Waals surface area (Å²) in [5.74, 6) is 4.90. The van der Waals surface area contributed by atoms with Crippen molar-refractivity contribution in [3.05, 3.63) is 38.0 Å². The first-order valence-corrected chi connectivity index (χ1v) is 14.5. The van der Waals surface area contributed by atoms with Gasteiger partial charge < -0.3 is 18.5 Å². The standard InChI is InChI=1S/C30H40N2O7S/c1-9-22(27(34)31(7)8)32(26(33)20-12-10-18(2)11-13-20)23-16-21(14-15-30(4,5)6)40-25(23)28(35)37-17-24-19(3)38-29(36)39-24/h16,18,20,22H,9-13,17H2,1-8H3/t18?,20?,22-/m0/s1. The van der Waals surface area contributed by atoms with Gasteiger partial charge in [-0.25, -0.2) is 9.59 Å². The molecule has 9 nitrogen and oxygen atoms in total. The molecular formula is C30H40N2O7S. The van der Waals surface area contributed by atoms with Gasteiger partial charge in [-0.05, 0) is 71.8 Å². The van der Waals surface area contributed by atoms with Crippen LogP contribution in [0.25, 0.3) is 0 Å². The third-order valence-electron chi connectivity index (χ3n) is 6.91. The maximum atomic E-state index is 14.2. The molecule has 2 aromatic rings. The molecule has 0 aliphatic heterocycles. The number of ether oxygens (including phenoxy) is 1. The van der Waals surface area contributed by atoms with Gasteiger partial charge >= 0.3 is 11.8 Å². The minimum atomic E-state index is -0.883. The largest absolute Gasteiger partial charge is 0.519 e. The zero-order chi connectivity index (χ0) is 29.8. The summed E-state index contributed by atoms with van der Waals surface area (Å²) in [5, 5.41) is 0. The van der Waals surface area contributed by atoms with Crippen LogP contribution in [0.1, 0.15) is 92.8 Å². The van der Waals surface area contributed by atoms with Crippen LogP contribution in [0, 0.1) is 36.0 Å². The number of thiophene rings is 1. The summed E-state index contributed by atoms with van der Waals surface area (Å²) >= 11 is 1.11. The smallest absolute Gasteiger partial charge is 0.453 e. The van der Waals surface area contributed by atoms with E-state index in [1.165, 1.54) is 16.7 Å². The molecule has 40 heavy (non-hydrogen) atoms. The number of anilines is 1. The summed E-state index contributed by atoms with van der Waals surface area (Å²) in [4.78, 5) is 56.1. The van der Waals surface area contributed by atoms with Gasteiger partial charge in [0, 0.05) is 25.4 Å². The molecule has 2 aromatic heterocycles. The van der Waals surface area contributed by atoms with E-state index in [2.05, 4.69) is 18.8 Å². The Bertz CT molecular complexity index is 1340. The third kappa shape index (κ3) is 7.66. The number of rotatable bonds is 8. The lowest BCUT2D eigenvalue weighted by Gasteiger charge is -2.36. The molecule has 0 aromatic carbocycles. The van der Waals surface area contributed by atoms with Crippen LogP contribution in [-0.4, -0.2) is 42.8 Å². The van der Waals surface area contributed by atoms with Gasteiger partial charge in [0.25, 0.3) is 0 Å². The molecular weight excluding hydrogens is 532 g/mol. The Morgan fingerprint density at radius 3 is 2.33 bits per heavy atom. The number of aryl methyl sites for hydroxylation is 1. The molecule has 0 bridgehead atoms. The number of carbonyl (C=O) groups excluding carboxylic acids is 3. The summed E-state index contributed by atoms with van der Waals surface area (Å²) in [6, 6.07) is 0.901. The molecule has 0 unspecified atom stereocenters. The molecule has 1 atom stereocenters. The van der Waals surface area contributed by atoms with Crippen molar-refractivity contribution in [2.75, 3.05) is 19.0 Å². The van der Waals surface area contributed by atoms with E-state index < -0.39 is 17.8 Å². The summed E-state index contributed by atoms with van der Waals surface area (Å²) in [6.45, 7) is 11.2. The number of hydrogen-bond acceptors (Lipinski definition) is 8. The minimum Gasteiger partial charge on any atom is -0.453 e. The van der Waals surface area contributed by atoms with Crippen molar-refractivity contribution >= 4 is 34.8 Å². The van der Waals surface area contributed by atoms with Crippen molar-refractivity contribution in [1.82, 2.24) is 4.90 Å². The fourth-order valence-corrected chi connectivity index (χ4v) is 5.53. The first-order chi connectivity index (χ1) is 18.7. The summed E-state index contributed by atoms with van der Waals surface area (Å²) < 4.78 is 15.3. The highest BCUT2D eigenvalue weighted by Crippen LogP contribution is 2.37. The first-order valence-electron chi connectivity index (χ1n) is 13.7. The van der Waals surface area contributed by atoms with E-state index in [9.17, 15) is 19.2 Å². The number of nitrogens with zero attached hydrogens (tertiary/aromatic N) is 2. The van der Waals surface area contributed by atoms with Gasteiger partial charge in [0.05, 0.1) is 10.6 Å². The molecule has 2 amide bonds. The molecule has 1 aliphatic rings. The molecule has 1 saturated carbocycles. The summed E-state index contributed by atoms with van der Waals surface area (Å²) in [6.07, 6.45) is 3.67. The van der Waals surface area contributed by atoms with E-state index in [4.69, 9.17) is 13.6 Å². The van der Waals surface area contributed by atoms with Crippen LogP contribution < -0.4 is 10.7 Å². The Morgan fingerprint density at radius 1 is 1.15 bits per heavy atom. The molecule has 2 heterocycles. The van der Waals surface area contributed by atoms with Crippen LogP contribution in [0.5, 0.6) is 0 Å². The molecule has 0 saturated heterocycles. The van der Waals surface area contributed by atoms with Crippen molar-refractivity contribution in [1.29, 1.82) is 0 Å². The zero-order valence-electron chi connectivity index (χ0n) is 24.7. The highest BCUT2D eigenvalue weighted by Gasteiger charge is 2.39. The van der Waals surface area contributed by atoms with Gasteiger partial charge in [0.15, 0.2) is 18.1 Å². The molecule has 10 heteroatoms. The van der Waals surface area contributed by atoms with Gasteiger partial charge in [0.1, 0.15) is 10.9 Å². The maximum Gasteiger partial charge on any atom is 0.519 e. The average molecular weight is 573 g/mol. The van der Waals surface area contributed by atoms with Crippen LogP contribution >= 0.6 is 11.3 Å². The molecule has 0 N–H and O–H groups in total. The Hall–Kier alpha value is -3.32. The molecule has 1 aliphatic carbocycles. The second kappa shape index (κ2) is 12.9. The summed E-state index contributed by atoms with van der Waals surface area (Å²) in [5.41, 5.74) is 0.0201. The van der Waals surface area contributed by atoms with E-state index in [0.717, 1.165) is 37.0 Å². The molecule has 0 spiro atoms. The Balaban J connectivity index is 2.11. The fourth-order valence-electron chi connectivity index (χ4n) is 4.63. The lowest BCUT2D eigenvalue weighted by molar-refractivity contribution is -0.133. The number of amides is 2. The van der Waals surface area contributed by atoms with Crippen molar-refractivity contribution in [2.45, 2.75) is 86.3 Å². The Kier molecular flexibility index (Phi) is 10.1. The van der Waals surface area contributed by atoms with Gasteiger partial charge in [-0.2, -0.15) is 0 Å². The highest BCUT2D eigenvalue weighted by atomic mass is 32.1. The lowest BCUT2D eigenvalue weighted by atomic mass is 9.82. The predicted octanol–water partition coefficient (Wildman–Crippen LogP) is 5.38. The first kappa shape index (κ1) is 31.2. The van der Waals surface area contributed by atoms with Crippen LogP contribution in [0.3, 0.4) is 0 Å². The summed E-state index contributed by atoms with van der Waals surface area (Å²) in [7, 11) is 3.31. The molecule has 3 rings (SSSR count). The van der Waals surface area contributed by atoms with E-state index in [1.807, 2.05) is 27.7 Å². The van der Waals surface area contributed by atoms with Crippen LogP contribution in [0.2, 0.25) is 0 Å². The lowest BCUT2D eigenvalue weighted by Crippen LogP contribution is -2.51. The van der Waals surface area contributed by atoms with Gasteiger partial charge in [-0.15, -0.1) is 11.3 Å². The predicted molar refractivity (Wildman–Crippen MR) is 153 cm³/mol. The van der Waals surface area contributed by atoms with Crippen molar-refractivity contribution < 1.29 is 28.0 Å². The van der Waals surface area contributed by atoms with E-state index in [-0.39, 0.29) is 46.2 Å².